The third kappa shape index (κ3) is 6.07. The molecule has 0 saturated carbocycles. The van der Waals surface area contributed by atoms with Crippen molar-refractivity contribution in [3.8, 4) is 0 Å². The maximum absolute atomic E-state index is 12.7. The van der Waals surface area contributed by atoms with Crippen LogP contribution < -0.4 is 5.32 Å². The molecule has 0 bridgehead atoms. The lowest BCUT2D eigenvalue weighted by Crippen LogP contribution is -2.45. The zero-order valence-electron chi connectivity index (χ0n) is 17.3. The number of aryl methyl sites for hydroxylation is 1. The fourth-order valence-corrected chi connectivity index (χ4v) is 3.18. The molecule has 1 atom stereocenters. The summed E-state index contributed by atoms with van der Waals surface area (Å²) in [6.07, 6.45) is 0.359. The van der Waals surface area contributed by atoms with Crippen molar-refractivity contribution >= 4 is 17.7 Å². The number of hydrogen-bond acceptors (Lipinski definition) is 5. The Kier molecular flexibility index (Phi) is 7.43. The van der Waals surface area contributed by atoms with Crippen molar-refractivity contribution < 1.29 is 19.2 Å². The molecule has 1 aliphatic rings. The second kappa shape index (κ2) is 10.4. The molecule has 0 fully saturated rings. The largest absolute Gasteiger partial charge is 0.465 e. The highest BCUT2D eigenvalue weighted by molar-refractivity contribution is 6.01. The van der Waals surface area contributed by atoms with Gasteiger partial charge in [-0.2, -0.15) is 0 Å². The van der Waals surface area contributed by atoms with E-state index in [2.05, 4.69) is 10.5 Å². The van der Waals surface area contributed by atoms with Crippen LogP contribution in [0.4, 0.5) is 4.79 Å². The molecule has 1 heterocycles. The Morgan fingerprint density at radius 3 is 2.60 bits per heavy atom. The van der Waals surface area contributed by atoms with Crippen molar-refractivity contribution in [1.29, 1.82) is 0 Å². The number of amides is 2. The summed E-state index contributed by atoms with van der Waals surface area (Å²) >= 11 is 0. The highest BCUT2D eigenvalue weighted by Gasteiger charge is 2.27. The van der Waals surface area contributed by atoms with Crippen LogP contribution in [0.3, 0.4) is 0 Å². The first-order valence-electron chi connectivity index (χ1n) is 10.1. The van der Waals surface area contributed by atoms with Crippen LogP contribution in [0.25, 0.3) is 0 Å². The minimum Gasteiger partial charge on any atom is -0.465 e. The molecule has 7 nitrogen and oxygen atoms in total. The molecule has 1 aliphatic heterocycles. The smallest absolute Gasteiger partial charge is 0.325 e. The Morgan fingerprint density at radius 2 is 1.90 bits per heavy atom. The molecule has 2 aromatic rings. The van der Waals surface area contributed by atoms with Gasteiger partial charge in [-0.05, 0) is 25.0 Å². The van der Waals surface area contributed by atoms with Crippen LogP contribution in [0, 0.1) is 6.92 Å². The summed E-state index contributed by atoms with van der Waals surface area (Å²) in [6, 6.07) is 17.5. The average molecular weight is 409 g/mol. The molecule has 0 radical (unpaired) electrons. The molecule has 0 aromatic heterocycles. The van der Waals surface area contributed by atoms with Crippen LogP contribution in [-0.2, 0) is 20.9 Å². The van der Waals surface area contributed by atoms with Crippen LogP contribution in [0.2, 0.25) is 0 Å². The molecule has 0 unspecified atom stereocenters. The predicted molar refractivity (Wildman–Crippen MR) is 114 cm³/mol. The van der Waals surface area contributed by atoms with Gasteiger partial charge in [-0.3, -0.25) is 4.79 Å². The quantitative estimate of drug-likeness (QED) is 0.679. The summed E-state index contributed by atoms with van der Waals surface area (Å²) in [5, 5.41) is 6.85. The van der Waals surface area contributed by atoms with E-state index in [0.717, 1.165) is 16.8 Å². The lowest BCUT2D eigenvalue weighted by Gasteiger charge is -2.25. The molecule has 7 heteroatoms. The van der Waals surface area contributed by atoms with Crippen molar-refractivity contribution in [2.45, 2.75) is 32.9 Å². The molecule has 0 spiro atoms. The van der Waals surface area contributed by atoms with E-state index in [4.69, 9.17) is 9.57 Å². The molecule has 0 saturated heterocycles. The lowest BCUT2D eigenvalue weighted by molar-refractivity contribution is -0.141. The highest BCUT2D eigenvalue weighted by Crippen LogP contribution is 2.19. The van der Waals surface area contributed by atoms with Crippen molar-refractivity contribution in [3.63, 3.8) is 0 Å². The van der Waals surface area contributed by atoms with Crippen molar-refractivity contribution in [1.82, 2.24) is 10.2 Å². The van der Waals surface area contributed by atoms with Gasteiger partial charge in [0.05, 0.1) is 18.9 Å². The summed E-state index contributed by atoms with van der Waals surface area (Å²) in [5.41, 5.74) is 4.06. The van der Waals surface area contributed by atoms with Gasteiger partial charge in [0, 0.05) is 13.0 Å². The molecule has 30 heavy (non-hydrogen) atoms. The SMILES string of the molecule is CCOC(=O)CNC(=O)N(Cc1ccccc1)C[C@H]1CC(c2ccc(C)cc2)=NO1. The molecule has 0 aliphatic carbocycles. The van der Waals surface area contributed by atoms with E-state index in [1.165, 1.54) is 5.56 Å². The van der Waals surface area contributed by atoms with Gasteiger partial charge < -0.3 is 19.8 Å². The Hall–Kier alpha value is -3.35. The third-order valence-electron chi connectivity index (χ3n) is 4.73. The Morgan fingerprint density at radius 1 is 1.17 bits per heavy atom. The molecular weight excluding hydrogens is 382 g/mol. The summed E-state index contributed by atoms with van der Waals surface area (Å²) in [5.74, 6) is -0.465. The first kappa shape index (κ1) is 21.4. The van der Waals surface area contributed by atoms with E-state index in [0.29, 0.717) is 19.5 Å². The van der Waals surface area contributed by atoms with Crippen LogP contribution in [-0.4, -0.2) is 48.4 Å². The van der Waals surface area contributed by atoms with Gasteiger partial charge in [0.25, 0.3) is 0 Å². The predicted octanol–water partition coefficient (Wildman–Crippen LogP) is 3.26. The lowest BCUT2D eigenvalue weighted by atomic mass is 10.0. The fraction of sp³-hybridized carbons (Fsp3) is 0.348. The van der Waals surface area contributed by atoms with Crippen molar-refractivity contribution in [2.24, 2.45) is 5.16 Å². The van der Waals surface area contributed by atoms with Gasteiger partial charge >= 0.3 is 12.0 Å². The monoisotopic (exact) mass is 409 g/mol. The second-order valence-corrected chi connectivity index (χ2v) is 7.17. The van der Waals surface area contributed by atoms with Gasteiger partial charge in [0.15, 0.2) is 6.10 Å². The molecule has 2 amide bonds. The highest BCUT2D eigenvalue weighted by atomic mass is 16.6. The third-order valence-corrected chi connectivity index (χ3v) is 4.73. The van der Waals surface area contributed by atoms with Gasteiger partial charge in [-0.15, -0.1) is 0 Å². The number of rotatable bonds is 8. The number of hydrogen-bond donors (Lipinski definition) is 1. The fourth-order valence-electron chi connectivity index (χ4n) is 3.18. The summed E-state index contributed by atoms with van der Waals surface area (Å²) < 4.78 is 4.88. The molecule has 2 aromatic carbocycles. The minimum atomic E-state index is -0.465. The van der Waals surface area contributed by atoms with Crippen molar-refractivity contribution in [2.75, 3.05) is 19.7 Å². The molecule has 1 N–H and O–H groups in total. The maximum atomic E-state index is 12.7. The number of oxime groups is 1. The van der Waals surface area contributed by atoms with Gasteiger partial charge in [0.2, 0.25) is 0 Å². The Labute approximate surface area is 176 Å². The van der Waals surface area contributed by atoms with Crippen LogP contribution in [0.5, 0.6) is 0 Å². The van der Waals surface area contributed by atoms with Crippen LogP contribution >= 0.6 is 0 Å². The first-order chi connectivity index (χ1) is 14.5. The van der Waals surface area contributed by atoms with E-state index in [1.54, 1.807) is 11.8 Å². The maximum Gasteiger partial charge on any atom is 0.325 e. The summed E-state index contributed by atoms with van der Waals surface area (Å²) in [4.78, 5) is 31.6. The van der Waals surface area contributed by atoms with E-state index >= 15 is 0 Å². The minimum absolute atomic E-state index is 0.172. The van der Waals surface area contributed by atoms with Gasteiger partial charge in [-0.25, -0.2) is 4.79 Å². The molecule has 3 rings (SSSR count). The number of esters is 1. The second-order valence-electron chi connectivity index (χ2n) is 7.17. The van der Waals surface area contributed by atoms with Crippen LogP contribution in [0.15, 0.2) is 59.8 Å². The summed E-state index contributed by atoms with van der Waals surface area (Å²) in [7, 11) is 0. The normalized spacial score (nSPS) is 15.1. The van der Waals surface area contributed by atoms with E-state index < -0.39 is 5.97 Å². The number of nitrogens with one attached hydrogen (secondary N) is 1. The average Bonchev–Trinajstić information content (AvgIpc) is 3.21. The number of urea groups is 1. The van der Waals surface area contributed by atoms with Crippen molar-refractivity contribution in [3.05, 3.63) is 71.3 Å². The van der Waals surface area contributed by atoms with E-state index in [9.17, 15) is 9.59 Å². The zero-order chi connectivity index (χ0) is 21.3. The topological polar surface area (TPSA) is 80.2 Å². The first-order valence-corrected chi connectivity index (χ1v) is 10.1. The number of benzene rings is 2. The number of carbonyl (C=O) groups is 2. The number of ether oxygens (including phenoxy) is 1. The van der Waals surface area contributed by atoms with E-state index in [-0.39, 0.29) is 25.3 Å². The Balaban J connectivity index is 1.62. The summed E-state index contributed by atoms with van der Waals surface area (Å²) in [6.45, 7) is 4.62. The Bertz CT molecular complexity index is 881. The van der Waals surface area contributed by atoms with Crippen LogP contribution in [0.1, 0.15) is 30.0 Å². The molecule has 158 valence electrons. The van der Waals surface area contributed by atoms with E-state index in [1.807, 2.05) is 61.5 Å². The van der Waals surface area contributed by atoms with Gasteiger partial charge in [-0.1, -0.05) is 65.3 Å². The van der Waals surface area contributed by atoms with Gasteiger partial charge in [0.1, 0.15) is 6.54 Å². The number of nitrogens with zero attached hydrogens (tertiary/aromatic N) is 2. The standard InChI is InChI=1S/C23H27N3O4/c1-3-29-22(27)14-24-23(28)26(15-18-7-5-4-6-8-18)16-20-13-21(25-30-20)19-11-9-17(2)10-12-19/h4-12,20H,3,13-16H2,1-2H3,(H,24,28)/t20-/m1/s1. The number of carbonyl (C=O) groups excluding carboxylic acids is 2. The molecular formula is C23H27N3O4. The zero-order valence-corrected chi connectivity index (χ0v) is 17.3.